The van der Waals surface area contributed by atoms with E-state index in [1.807, 2.05) is 27.2 Å². The molecule has 0 fully saturated rings. The van der Waals surface area contributed by atoms with Crippen LogP contribution < -0.4 is 5.11 Å². The fourth-order valence-corrected chi connectivity index (χ4v) is 2.54. The van der Waals surface area contributed by atoms with E-state index in [0.717, 1.165) is 12.8 Å². The van der Waals surface area contributed by atoms with Crippen molar-refractivity contribution >= 4 is 11.9 Å². The zero-order valence-electron chi connectivity index (χ0n) is 15.9. The summed E-state index contributed by atoms with van der Waals surface area (Å²) in [4.78, 5) is 22.6. The largest absolute Gasteiger partial charge is 0.550 e. The Labute approximate surface area is 147 Å². The summed E-state index contributed by atoms with van der Waals surface area (Å²) in [7, 11) is 5.77. The van der Waals surface area contributed by atoms with Crippen LogP contribution in [0.25, 0.3) is 0 Å². The molecule has 1 unspecified atom stereocenters. The van der Waals surface area contributed by atoms with E-state index < -0.39 is 18.0 Å². The molecule has 0 aromatic heterocycles. The predicted octanol–water partition coefficient (Wildman–Crippen LogP) is 2.44. The van der Waals surface area contributed by atoms with Crippen molar-refractivity contribution < 1.29 is 23.9 Å². The molecular formula is C19H35NO4. The number of quaternary nitrogens is 1. The normalized spacial score (nSPS) is 13.2. The van der Waals surface area contributed by atoms with E-state index in [0.29, 0.717) is 11.0 Å². The number of allylic oxidation sites excluding steroid dienone is 1. The molecule has 0 saturated carbocycles. The van der Waals surface area contributed by atoms with Crippen LogP contribution in [-0.4, -0.2) is 50.2 Å². The monoisotopic (exact) mass is 341 g/mol. The molecule has 1 atom stereocenters. The van der Waals surface area contributed by atoms with Gasteiger partial charge in [-0.1, -0.05) is 51.5 Å². The van der Waals surface area contributed by atoms with Crippen molar-refractivity contribution in [1.29, 1.82) is 0 Å². The molecule has 0 aromatic rings. The molecule has 0 bridgehead atoms. The van der Waals surface area contributed by atoms with Crippen LogP contribution >= 0.6 is 0 Å². The minimum Gasteiger partial charge on any atom is -0.550 e. The molecule has 0 radical (unpaired) electrons. The molecule has 5 nitrogen and oxygen atoms in total. The Morgan fingerprint density at radius 1 is 1.04 bits per heavy atom. The maximum atomic E-state index is 11.8. The van der Waals surface area contributed by atoms with Crippen LogP contribution in [0.15, 0.2) is 12.2 Å². The lowest BCUT2D eigenvalue weighted by Gasteiger charge is -2.29. The first kappa shape index (κ1) is 22.6. The number of carbonyl (C=O) groups excluding carboxylic acids is 2. The number of nitrogens with zero attached hydrogens (tertiary/aromatic N) is 1. The van der Waals surface area contributed by atoms with Crippen molar-refractivity contribution in [3.63, 3.8) is 0 Å². The molecule has 0 aromatic carbocycles. The lowest BCUT2D eigenvalue weighted by Crippen LogP contribution is -2.45. The standard InChI is InChI=1S/C19H35NO4/c1-5-6-7-8-9-10-11-12-13-14-19(23)24-17(15-18(21)22)16-20(2,3)4/h13-14,17H,5-12,15-16H2,1-4H3. The number of hydrogen-bond donors (Lipinski definition) is 0. The van der Waals surface area contributed by atoms with Crippen molar-refractivity contribution in [1.82, 2.24) is 0 Å². The number of likely N-dealkylation sites (N-methyl/N-ethyl adjacent to an activating group) is 1. The Hall–Kier alpha value is -1.36. The first-order valence-electron chi connectivity index (χ1n) is 9.12. The molecule has 0 amide bonds. The number of rotatable bonds is 14. The molecule has 24 heavy (non-hydrogen) atoms. The van der Waals surface area contributed by atoms with Crippen LogP contribution in [0.2, 0.25) is 0 Å². The third-order valence-corrected chi connectivity index (χ3v) is 3.66. The van der Waals surface area contributed by atoms with Gasteiger partial charge in [-0.25, -0.2) is 4.79 Å². The topological polar surface area (TPSA) is 66.4 Å². The van der Waals surface area contributed by atoms with Crippen LogP contribution in [0, 0.1) is 0 Å². The van der Waals surface area contributed by atoms with Gasteiger partial charge in [0.15, 0.2) is 6.10 Å². The van der Waals surface area contributed by atoms with E-state index in [1.54, 1.807) is 0 Å². The Bertz CT molecular complexity index is 385. The molecule has 0 N–H and O–H groups in total. The van der Waals surface area contributed by atoms with Gasteiger partial charge in [-0.3, -0.25) is 0 Å². The molecule has 0 aliphatic carbocycles. The maximum Gasteiger partial charge on any atom is 0.330 e. The second-order valence-electron chi connectivity index (χ2n) is 7.42. The molecule has 0 aliphatic rings. The van der Waals surface area contributed by atoms with E-state index in [-0.39, 0.29) is 6.42 Å². The summed E-state index contributed by atoms with van der Waals surface area (Å²) in [6, 6.07) is 0. The number of ether oxygens (including phenoxy) is 1. The summed E-state index contributed by atoms with van der Waals surface area (Å²) in [5.41, 5.74) is 0. The first-order valence-corrected chi connectivity index (χ1v) is 9.12. The number of unbranched alkanes of at least 4 members (excludes halogenated alkanes) is 7. The third kappa shape index (κ3) is 15.5. The van der Waals surface area contributed by atoms with Crippen molar-refractivity contribution in [3.05, 3.63) is 12.2 Å². The number of hydrogen-bond acceptors (Lipinski definition) is 4. The van der Waals surface area contributed by atoms with Crippen LogP contribution in [0.5, 0.6) is 0 Å². The van der Waals surface area contributed by atoms with Gasteiger partial charge >= 0.3 is 5.97 Å². The highest BCUT2D eigenvalue weighted by atomic mass is 16.5. The summed E-state index contributed by atoms with van der Waals surface area (Å²) in [5.74, 6) is -1.68. The molecule has 5 heteroatoms. The van der Waals surface area contributed by atoms with Gasteiger partial charge in [0, 0.05) is 18.5 Å². The van der Waals surface area contributed by atoms with Crippen LogP contribution in [0.4, 0.5) is 0 Å². The highest BCUT2D eigenvalue weighted by Gasteiger charge is 2.21. The maximum absolute atomic E-state index is 11.8. The van der Waals surface area contributed by atoms with Crippen LogP contribution in [-0.2, 0) is 14.3 Å². The van der Waals surface area contributed by atoms with E-state index in [4.69, 9.17) is 4.74 Å². The molecule has 0 saturated heterocycles. The van der Waals surface area contributed by atoms with Crippen LogP contribution in [0.3, 0.4) is 0 Å². The Kier molecular flexibility index (Phi) is 12.3. The Morgan fingerprint density at radius 2 is 1.62 bits per heavy atom. The minimum atomic E-state index is -1.20. The Morgan fingerprint density at radius 3 is 2.17 bits per heavy atom. The summed E-state index contributed by atoms with van der Waals surface area (Å²) in [5, 5.41) is 10.8. The lowest BCUT2D eigenvalue weighted by atomic mass is 10.1. The van der Waals surface area contributed by atoms with Gasteiger partial charge in [0.05, 0.1) is 21.1 Å². The highest BCUT2D eigenvalue weighted by Crippen LogP contribution is 2.09. The molecule has 140 valence electrons. The highest BCUT2D eigenvalue weighted by molar-refractivity contribution is 5.82. The smallest absolute Gasteiger partial charge is 0.330 e. The van der Waals surface area contributed by atoms with Crippen molar-refractivity contribution in [3.8, 4) is 0 Å². The van der Waals surface area contributed by atoms with Crippen molar-refractivity contribution in [2.75, 3.05) is 27.7 Å². The molecule has 0 heterocycles. The second-order valence-corrected chi connectivity index (χ2v) is 7.42. The zero-order valence-corrected chi connectivity index (χ0v) is 15.9. The van der Waals surface area contributed by atoms with Gasteiger partial charge in [0.25, 0.3) is 0 Å². The van der Waals surface area contributed by atoms with Crippen LogP contribution in [0.1, 0.15) is 64.7 Å². The van der Waals surface area contributed by atoms with Gasteiger partial charge in [0.1, 0.15) is 6.54 Å². The van der Waals surface area contributed by atoms with Gasteiger partial charge in [-0.15, -0.1) is 0 Å². The average Bonchev–Trinajstić information content (AvgIpc) is 2.42. The number of esters is 1. The fraction of sp³-hybridized carbons (Fsp3) is 0.789. The first-order chi connectivity index (χ1) is 11.2. The molecule has 0 spiro atoms. The van der Waals surface area contributed by atoms with E-state index in [2.05, 4.69) is 6.92 Å². The number of aliphatic carboxylic acids is 1. The summed E-state index contributed by atoms with van der Waals surface area (Å²) in [6.45, 7) is 2.65. The van der Waals surface area contributed by atoms with Gasteiger partial charge < -0.3 is 19.1 Å². The Balaban J connectivity index is 3.99. The van der Waals surface area contributed by atoms with Gasteiger partial charge in [-0.05, 0) is 12.8 Å². The predicted molar refractivity (Wildman–Crippen MR) is 94.2 cm³/mol. The van der Waals surface area contributed by atoms with Crippen molar-refractivity contribution in [2.24, 2.45) is 0 Å². The SMILES string of the molecule is CCCCCCCCCC=CC(=O)OC(CC(=O)[O-])C[N+](C)(C)C. The molecule has 0 aliphatic heterocycles. The van der Waals surface area contributed by atoms with E-state index in [9.17, 15) is 14.7 Å². The summed E-state index contributed by atoms with van der Waals surface area (Å²) >= 11 is 0. The third-order valence-electron chi connectivity index (χ3n) is 3.66. The number of carboxylic acids is 1. The van der Waals surface area contributed by atoms with E-state index >= 15 is 0 Å². The summed E-state index contributed by atoms with van der Waals surface area (Å²) in [6.07, 6.45) is 11.8. The number of carboxylic acid groups (broad SMARTS) is 1. The lowest BCUT2D eigenvalue weighted by molar-refractivity contribution is -0.873. The van der Waals surface area contributed by atoms with E-state index in [1.165, 1.54) is 44.6 Å². The van der Waals surface area contributed by atoms with Gasteiger partial charge in [0.2, 0.25) is 0 Å². The molecule has 0 rings (SSSR count). The quantitative estimate of drug-likeness (QED) is 0.211. The van der Waals surface area contributed by atoms with Gasteiger partial charge in [-0.2, -0.15) is 0 Å². The molecular weight excluding hydrogens is 306 g/mol. The number of carbonyl (C=O) groups is 2. The average molecular weight is 341 g/mol. The minimum absolute atomic E-state index is 0.271. The summed E-state index contributed by atoms with van der Waals surface area (Å²) < 4.78 is 5.77. The fourth-order valence-electron chi connectivity index (χ4n) is 2.54. The second kappa shape index (κ2) is 13.0. The zero-order chi connectivity index (χ0) is 18.4. The van der Waals surface area contributed by atoms with Crippen molar-refractivity contribution in [2.45, 2.75) is 70.8 Å².